The van der Waals surface area contributed by atoms with Gasteiger partial charge in [0.1, 0.15) is 12.6 Å². The van der Waals surface area contributed by atoms with Crippen molar-refractivity contribution in [3.05, 3.63) is 40.3 Å². The molecule has 2 unspecified atom stereocenters. The Balaban J connectivity index is 1.51. The summed E-state index contributed by atoms with van der Waals surface area (Å²) in [6.07, 6.45) is 8.38. The monoisotopic (exact) mass is 503 g/mol. The molecule has 1 fully saturated rings. The minimum atomic E-state index is -0.309. The van der Waals surface area contributed by atoms with E-state index in [9.17, 15) is 9.59 Å². The second-order valence-corrected chi connectivity index (χ2v) is 9.66. The molecule has 3 aromatic rings. The molecule has 0 spiro atoms. The Morgan fingerprint density at radius 1 is 1.21 bits per heavy atom. The molecule has 8 nitrogen and oxygen atoms in total. The second kappa shape index (κ2) is 9.60. The summed E-state index contributed by atoms with van der Waals surface area (Å²) >= 11 is 13.1. The molecular weight excluding hydrogens is 477 g/mol. The number of aromatic nitrogens is 3. The van der Waals surface area contributed by atoms with Gasteiger partial charge in [-0.3, -0.25) is 9.59 Å². The van der Waals surface area contributed by atoms with Gasteiger partial charge in [0, 0.05) is 54.6 Å². The highest BCUT2D eigenvalue weighted by Gasteiger charge is 2.29. The Kier molecular flexibility index (Phi) is 6.55. The van der Waals surface area contributed by atoms with E-state index in [-0.39, 0.29) is 30.5 Å². The Hall–Kier alpha value is -2.55. The molecule has 1 saturated heterocycles. The Morgan fingerprint density at radius 2 is 2.06 bits per heavy atom. The van der Waals surface area contributed by atoms with Crippen LogP contribution in [0.2, 0.25) is 10.0 Å². The Bertz CT molecular complexity index is 1250. The molecule has 2 atom stereocenters. The molecule has 34 heavy (non-hydrogen) atoms. The SMILES string of the molecule is CNC(=O)CC(=O)NC1CCc2c(-c3cnn(C4CCCCO4)c3)c3ccc(Cl)c(Cl)c3n2C1. The zero-order valence-corrected chi connectivity index (χ0v) is 20.5. The number of amides is 2. The molecule has 0 saturated carbocycles. The van der Waals surface area contributed by atoms with E-state index in [1.165, 1.54) is 7.05 Å². The third-order valence-electron chi connectivity index (χ3n) is 6.66. The number of halogens is 2. The summed E-state index contributed by atoms with van der Waals surface area (Å²) in [6, 6.07) is 3.71. The molecular formula is C24H27Cl2N5O3. The molecule has 2 aromatic heterocycles. The number of hydrogen-bond acceptors (Lipinski definition) is 4. The number of ether oxygens (including phenoxy) is 1. The summed E-state index contributed by atoms with van der Waals surface area (Å²) in [7, 11) is 1.52. The van der Waals surface area contributed by atoms with Gasteiger partial charge in [-0.15, -0.1) is 0 Å². The van der Waals surface area contributed by atoms with Crippen molar-refractivity contribution in [2.24, 2.45) is 0 Å². The van der Waals surface area contributed by atoms with Crippen molar-refractivity contribution in [3.8, 4) is 11.1 Å². The molecule has 1 aromatic carbocycles. The number of fused-ring (bicyclic) bond motifs is 3. The Morgan fingerprint density at radius 3 is 2.82 bits per heavy atom. The third-order valence-corrected chi connectivity index (χ3v) is 7.46. The largest absolute Gasteiger partial charge is 0.359 e. The first-order valence-electron chi connectivity index (χ1n) is 11.6. The van der Waals surface area contributed by atoms with Crippen molar-refractivity contribution in [2.45, 2.75) is 57.3 Å². The summed E-state index contributed by atoms with van der Waals surface area (Å²) < 4.78 is 9.97. The first-order chi connectivity index (χ1) is 16.5. The summed E-state index contributed by atoms with van der Waals surface area (Å²) in [5, 5.41) is 12.1. The maximum Gasteiger partial charge on any atom is 0.229 e. The predicted octanol–water partition coefficient (Wildman–Crippen LogP) is 4.08. The summed E-state index contributed by atoms with van der Waals surface area (Å²) in [6.45, 7) is 1.30. The van der Waals surface area contributed by atoms with E-state index >= 15 is 0 Å². The van der Waals surface area contributed by atoms with Crippen LogP contribution in [0.1, 0.15) is 44.0 Å². The van der Waals surface area contributed by atoms with Gasteiger partial charge in [0.05, 0.1) is 21.8 Å². The third kappa shape index (κ3) is 4.30. The van der Waals surface area contributed by atoms with Crippen LogP contribution in [0.5, 0.6) is 0 Å². The number of nitrogens with zero attached hydrogens (tertiary/aromatic N) is 3. The summed E-state index contributed by atoms with van der Waals surface area (Å²) in [4.78, 5) is 23.9. The highest BCUT2D eigenvalue weighted by Crippen LogP contribution is 2.43. The van der Waals surface area contributed by atoms with Gasteiger partial charge in [-0.2, -0.15) is 5.10 Å². The van der Waals surface area contributed by atoms with Crippen LogP contribution in [0, 0.1) is 0 Å². The standard InChI is InChI=1S/C24H27Cl2N5O3/c1-27-19(32)10-20(33)29-15-5-8-18-22(14-11-28-31(12-14)21-4-2-3-9-34-21)16-6-7-17(25)23(26)24(16)30(18)13-15/h6-7,11-12,15,21H,2-5,8-10,13H2,1H3,(H,27,32)(H,29,33). The van der Waals surface area contributed by atoms with Gasteiger partial charge in [-0.05, 0) is 38.2 Å². The van der Waals surface area contributed by atoms with Gasteiger partial charge >= 0.3 is 0 Å². The van der Waals surface area contributed by atoms with Crippen LogP contribution in [0.4, 0.5) is 0 Å². The number of carbonyl (C=O) groups excluding carboxylic acids is 2. The van der Waals surface area contributed by atoms with E-state index in [2.05, 4.69) is 20.3 Å². The van der Waals surface area contributed by atoms with E-state index in [4.69, 9.17) is 27.9 Å². The molecule has 2 N–H and O–H groups in total. The fourth-order valence-electron chi connectivity index (χ4n) is 5.02. The topological polar surface area (TPSA) is 90.2 Å². The van der Waals surface area contributed by atoms with Crippen LogP contribution < -0.4 is 10.6 Å². The highest BCUT2D eigenvalue weighted by atomic mass is 35.5. The van der Waals surface area contributed by atoms with Gasteiger partial charge in [-0.25, -0.2) is 4.68 Å². The molecule has 2 aliphatic rings. The van der Waals surface area contributed by atoms with Crippen molar-refractivity contribution in [2.75, 3.05) is 13.7 Å². The highest BCUT2D eigenvalue weighted by molar-refractivity contribution is 6.45. The molecule has 0 aliphatic carbocycles. The first-order valence-corrected chi connectivity index (χ1v) is 12.4. The minimum Gasteiger partial charge on any atom is -0.359 e. The van der Waals surface area contributed by atoms with Gasteiger partial charge < -0.3 is 19.9 Å². The molecule has 0 radical (unpaired) electrons. The van der Waals surface area contributed by atoms with Crippen LogP contribution >= 0.6 is 23.2 Å². The van der Waals surface area contributed by atoms with E-state index in [1.54, 1.807) is 0 Å². The number of carbonyl (C=O) groups is 2. The second-order valence-electron chi connectivity index (χ2n) is 8.87. The van der Waals surface area contributed by atoms with Crippen LogP contribution in [0.25, 0.3) is 22.0 Å². The smallest absolute Gasteiger partial charge is 0.229 e. The van der Waals surface area contributed by atoms with Crippen LogP contribution in [-0.4, -0.2) is 45.9 Å². The van der Waals surface area contributed by atoms with Gasteiger partial charge in [-0.1, -0.05) is 29.3 Å². The maximum atomic E-state index is 12.3. The van der Waals surface area contributed by atoms with Gasteiger partial charge in [0.15, 0.2) is 0 Å². The summed E-state index contributed by atoms with van der Waals surface area (Å²) in [5.41, 5.74) is 4.09. The van der Waals surface area contributed by atoms with Gasteiger partial charge in [0.25, 0.3) is 0 Å². The molecule has 5 rings (SSSR count). The van der Waals surface area contributed by atoms with Crippen molar-refractivity contribution in [1.82, 2.24) is 25.0 Å². The zero-order chi connectivity index (χ0) is 23.8. The lowest BCUT2D eigenvalue weighted by Gasteiger charge is -2.27. The first kappa shape index (κ1) is 23.2. The maximum absolute atomic E-state index is 12.3. The van der Waals surface area contributed by atoms with Crippen molar-refractivity contribution in [1.29, 1.82) is 0 Å². The molecule has 4 heterocycles. The van der Waals surface area contributed by atoms with Crippen molar-refractivity contribution in [3.63, 3.8) is 0 Å². The van der Waals surface area contributed by atoms with Crippen LogP contribution in [0.3, 0.4) is 0 Å². The van der Waals surface area contributed by atoms with E-state index in [0.29, 0.717) is 16.6 Å². The number of nitrogens with one attached hydrogen (secondary N) is 2. The number of hydrogen-bond donors (Lipinski definition) is 2. The number of rotatable bonds is 5. The van der Waals surface area contributed by atoms with Crippen LogP contribution in [0.15, 0.2) is 24.5 Å². The number of benzene rings is 1. The Labute approximate surface area is 207 Å². The van der Waals surface area contributed by atoms with E-state index in [0.717, 1.165) is 66.4 Å². The van der Waals surface area contributed by atoms with E-state index in [1.807, 2.05) is 29.2 Å². The molecule has 2 amide bonds. The molecule has 2 aliphatic heterocycles. The lowest BCUT2D eigenvalue weighted by atomic mass is 9.99. The minimum absolute atomic E-state index is 0.0369. The normalized spacial score (nSPS) is 20.2. The van der Waals surface area contributed by atoms with E-state index < -0.39 is 0 Å². The average molecular weight is 504 g/mol. The lowest BCUT2D eigenvalue weighted by Crippen LogP contribution is -2.42. The quantitative estimate of drug-likeness (QED) is 0.513. The molecule has 10 heteroatoms. The average Bonchev–Trinajstić information content (AvgIpc) is 3.44. The fourth-order valence-corrected chi connectivity index (χ4v) is 5.44. The van der Waals surface area contributed by atoms with Crippen LogP contribution in [-0.2, 0) is 27.3 Å². The van der Waals surface area contributed by atoms with Crippen molar-refractivity contribution < 1.29 is 14.3 Å². The lowest BCUT2D eigenvalue weighted by molar-refractivity contribution is -0.129. The molecule has 180 valence electrons. The van der Waals surface area contributed by atoms with Gasteiger partial charge in [0.2, 0.25) is 11.8 Å². The zero-order valence-electron chi connectivity index (χ0n) is 18.9. The fraction of sp³-hybridized carbons (Fsp3) is 0.458. The summed E-state index contributed by atoms with van der Waals surface area (Å²) in [5.74, 6) is -0.598. The van der Waals surface area contributed by atoms with Crippen molar-refractivity contribution >= 4 is 45.9 Å². The molecule has 0 bridgehead atoms. The predicted molar refractivity (Wildman–Crippen MR) is 131 cm³/mol.